The summed E-state index contributed by atoms with van der Waals surface area (Å²) in [5.74, 6) is 0.538. The number of carboxylic acids is 1. The quantitative estimate of drug-likeness (QED) is 0.729. The van der Waals surface area contributed by atoms with Crippen molar-refractivity contribution < 1.29 is 14.7 Å². The Kier molecular flexibility index (Phi) is 5.08. The van der Waals surface area contributed by atoms with E-state index in [1.165, 1.54) is 34.9 Å². The molecule has 5 nitrogen and oxygen atoms in total. The van der Waals surface area contributed by atoms with Crippen LogP contribution in [0.4, 0.5) is 0 Å². The van der Waals surface area contributed by atoms with Crippen molar-refractivity contribution >= 4 is 22.8 Å². The van der Waals surface area contributed by atoms with E-state index in [2.05, 4.69) is 41.2 Å². The summed E-state index contributed by atoms with van der Waals surface area (Å²) in [6.07, 6.45) is 9.48. The molecule has 3 aliphatic rings. The molecule has 160 valence electrons. The van der Waals surface area contributed by atoms with Gasteiger partial charge < -0.3 is 15.0 Å². The maximum absolute atomic E-state index is 13.3. The van der Waals surface area contributed by atoms with Crippen molar-refractivity contribution in [3.05, 3.63) is 35.5 Å². The van der Waals surface area contributed by atoms with E-state index in [0.29, 0.717) is 24.7 Å². The summed E-state index contributed by atoms with van der Waals surface area (Å²) in [7, 11) is 0. The molecule has 2 saturated carbocycles. The number of rotatable bonds is 5. The number of carboxylic acid groups (broad SMARTS) is 1. The molecule has 2 heterocycles. The lowest BCUT2D eigenvalue weighted by Crippen LogP contribution is -2.51. The molecule has 1 aromatic carbocycles. The van der Waals surface area contributed by atoms with E-state index in [1.807, 2.05) is 0 Å². The fourth-order valence-corrected chi connectivity index (χ4v) is 6.04. The first-order chi connectivity index (χ1) is 14.5. The van der Waals surface area contributed by atoms with Crippen LogP contribution in [0.15, 0.2) is 24.4 Å². The number of hydrogen-bond donors (Lipinski definition) is 2. The number of benzene rings is 1. The largest absolute Gasteiger partial charge is 0.481 e. The van der Waals surface area contributed by atoms with Gasteiger partial charge in [-0.3, -0.25) is 9.59 Å². The van der Waals surface area contributed by atoms with E-state index in [-0.39, 0.29) is 23.8 Å². The van der Waals surface area contributed by atoms with E-state index in [0.717, 1.165) is 32.2 Å². The van der Waals surface area contributed by atoms with Gasteiger partial charge in [-0.05, 0) is 79.9 Å². The lowest BCUT2D eigenvalue weighted by Gasteiger charge is -2.45. The Balaban J connectivity index is 1.32. The second kappa shape index (κ2) is 7.75. The van der Waals surface area contributed by atoms with Crippen LogP contribution in [0.5, 0.6) is 0 Å². The number of H-pyrrole nitrogens is 1. The number of amides is 1. The number of piperidine rings is 1. The highest BCUT2D eigenvalue weighted by atomic mass is 16.4. The molecule has 5 heteroatoms. The van der Waals surface area contributed by atoms with Gasteiger partial charge in [-0.25, -0.2) is 0 Å². The van der Waals surface area contributed by atoms with Crippen LogP contribution in [-0.2, 0) is 9.59 Å². The number of aliphatic carboxylic acids is 1. The number of likely N-dealkylation sites (tertiary alicyclic amines) is 1. The molecule has 2 aromatic rings. The zero-order valence-electron chi connectivity index (χ0n) is 17.8. The van der Waals surface area contributed by atoms with Crippen LogP contribution in [0.3, 0.4) is 0 Å². The smallest absolute Gasteiger partial charge is 0.306 e. The molecule has 4 atom stereocenters. The molecule has 2 aliphatic carbocycles. The van der Waals surface area contributed by atoms with Crippen molar-refractivity contribution in [3.8, 4) is 0 Å². The number of nitrogens with one attached hydrogen (secondary N) is 1. The third-order valence-electron chi connectivity index (χ3n) is 7.78. The molecule has 2 N–H and O–H groups in total. The standard InChI is InChI=1S/C25H32N2O3/c1-15(20-14-26-21-6-2-5-19(24(20)21)16-7-8-16)12-23(28)27-11-3-4-17-13-18(25(29)30)9-10-22(17)27/h2,5-6,14-18,22,26H,3-4,7-13H2,1H3,(H,29,30). The maximum Gasteiger partial charge on any atom is 0.306 e. The molecule has 1 saturated heterocycles. The number of nitrogens with zero attached hydrogens (tertiary/aromatic N) is 1. The highest BCUT2D eigenvalue weighted by Crippen LogP contribution is 2.45. The third kappa shape index (κ3) is 3.52. The number of hydrogen-bond acceptors (Lipinski definition) is 2. The summed E-state index contributed by atoms with van der Waals surface area (Å²) in [6, 6.07) is 6.75. The van der Waals surface area contributed by atoms with Crippen molar-refractivity contribution in [1.29, 1.82) is 0 Å². The van der Waals surface area contributed by atoms with Gasteiger partial charge in [0, 0.05) is 36.1 Å². The molecule has 5 rings (SSSR count). The fourth-order valence-electron chi connectivity index (χ4n) is 6.04. The lowest BCUT2D eigenvalue weighted by atomic mass is 9.73. The lowest BCUT2D eigenvalue weighted by molar-refractivity contribution is -0.146. The Labute approximate surface area is 177 Å². The topological polar surface area (TPSA) is 73.4 Å². The van der Waals surface area contributed by atoms with Gasteiger partial charge in [-0.1, -0.05) is 19.1 Å². The van der Waals surface area contributed by atoms with Crippen LogP contribution in [0.25, 0.3) is 10.9 Å². The number of fused-ring (bicyclic) bond motifs is 2. The molecule has 3 fully saturated rings. The molecular formula is C25H32N2O3. The molecule has 0 spiro atoms. The Bertz CT molecular complexity index is 960. The average molecular weight is 409 g/mol. The number of carbonyl (C=O) groups is 2. The molecule has 1 amide bonds. The highest BCUT2D eigenvalue weighted by Gasteiger charge is 2.40. The molecule has 1 aromatic heterocycles. The number of aromatic nitrogens is 1. The predicted octanol–water partition coefficient (Wildman–Crippen LogP) is 5.03. The third-order valence-corrected chi connectivity index (χ3v) is 7.78. The summed E-state index contributed by atoms with van der Waals surface area (Å²) in [5, 5.41) is 10.7. The van der Waals surface area contributed by atoms with Crippen molar-refractivity contribution in [2.45, 2.75) is 76.2 Å². The first-order valence-electron chi connectivity index (χ1n) is 11.6. The second-order valence-corrected chi connectivity index (χ2v) is 9.80. The molecule has 0 bridgehead atoms. The van der Waals surface area contributed by atoms with Gasteiger partial charge in [0.25, 0.3) is 0 Å². The van der Waals surface area contributed by atoms with Crippen LogP contribution in [-0.4, -0.2) is 39.5 Å². The van der Waals surface area contributed by atoms with Gasteiger partial charge >= 0.3 is 5.97 Å². The first kappa shape index (κ1) is 19.7. The Morgan fingerprint density at radius 1 is 1.20 bits per heavy atom. The zero-order chi connectivity index (χ0) is 20.8. The van der Waals surface area contributed by atoms with E-state index in [4.69, 9.17) is 0 Å². The van der Waals surface area contributed by atoms with Gasteiger partial charge in [0.05, 0.1) is 5.92 Å². The van der Waals surface area contributed by atoms with Crippen LogP contribution >= 0.6 is 0 Å². The van der Waals surface area contributed by atoms with Gasteiger partial charge in [-0.15, -0.1) is 0 Å². The summed E-state index contributed by atoms with van der Waals surface area (Å²) < 4.78 is 0. The molecule has 30 heavy (non-hydrogen) atoms. The molecule has 1 aliphatic heterocycles. The second-order valence-electron chi connectivity index (χ2n) is 9.80. The summed E-state index contributed by atoms with van der Waals surface area (Å²) >= 11 is 0. The number of carbonyl (C=O) groups excluding carboxylic acids is 1. The normalized spacial score (nSPS) is 27.6. The zero-order valence-corrected chi connectivity index (χ0v) is 17.8. The minimum absolute atomic E-state index is 0.168. The fraction of sp³-hybridized carbons (Fsp3) is 0.600. The highest BCUT2D eigenvalue weighted by molar-refractivity contribution is 5.89. The average Bonchev–Trinajstić information content (AvgIpc) is 3.50. The van der Waals surface area contributed by atoms with Crippen molar-refractivity contribution in [2.24, 2.45) is 11.8 Å². The van der Waals surface area contributed by atoms with Crippen LogP contribution in [0.1, 0.15) is 81.3 Å². The van der Waals surface area contributed by atoms with Crippen LogP contribution in [0, 0.1) is 11.8 Å². The molecule has 0 radical (unpaired) electrons. The minimum Gasteiger partial charge on any atom is -0.481 e. The van der Waals surface area contributed by atoms with Gasteiger partial charge in [0.2, 0.25) is 5.91 Å². The van der Waals surface area contributed by atoms with E-state index in [1.54, 1.807) is 0 Å². The van der Waals surface area contributed by atoms with Gasteiger partial charge in [-0.2, -0.15) is 0 Å². The number of aromatic amines is 1. The summed E-state index contributed by atoms with van der Waals surface area (Å²) in [4.78, 5) is 30.3. The SMILES string of the molecule is CC(CC(=O)N1CCCC2CC(C(=O)O)CCC21)c1c[nH]c2cccc(C3CC3)c12. The van der Waals surface area contributed by atoms with Gasteiger partial charge in [0.1, 0.15) is 0 Å². The first-order valence-corrected chi connectivity index (χ1v) is 11.6. The van der Waals surface area contributed by atoms with Crippen LogP contribution < -0.4 is 0 Å². The summed E-state index contributed by atoms with van der Waals surface area (Å²) in [5.41, 5.74) is 3.89. The van der Waals surface area contributed by atoms with Crippen LogP contribution in [0.2, 0.25) is 0 Å². The minimum atomic E-state index is -0.670. The van der Waals surface area contributed by atoms with Crippen molar-refractivity contribution in [3.63, 3.8) is 0 Å². The molecule has 4 unspecified atom stereocenters. The predicted molar refractivity (Wildman–Crippen MR) is 117 cm³/mol. The van der Waals surface area contributed by atoms with E-state index < -0.39 is 5.97 Å². The maximum atomic E-state index is 13.3. The molecular weight excluding hydrogens is 376 g/mol. The van der Waals surface area contributed by atoms with Crippen molar-refractivity contribution in [2.75, 3.05) is 6.54 Å². The Morgan fingerprint density at radius 2 is 2.03 bits per heavy atom. The van der Waals surface area contributed by atoms with Crippen molar-refractivity contribution in [1.82, 2.24) is 9.88 Å². The summed E-state index contributed by atoms with van der Waals surface area (Å²) in [6.45, 7) is 3.00. The Hall–Kier alpha value is -2.30. The van der Waals surface area contributed by atoms with E-state index in [9.17, 15) is 14.7 Å². The van der Waals surface area contributed by atoms with Gasteiger partial charge in [0.15, 0.2) is 0 Å². The van der Waals surface area contributed by atoms with E-state index >= 15 is 0 Å². The monoisotopic (exact) mass is 408 g/mol. The Morgan fingerprint density at radius 3 is 2.80 bits per heavy atom.